The highest BCUT2D eigenvalue weighted by molar-refractivity contribution is 7.53. The largest absolute Gasteiger partial charge is 0.399 e. The third kappa shape index (κ3) is 12.4. The average Bonchev–Trinajstić information content (AvgIpc) is 4.07. The molecule has 0 aliphatic heterocycles. The predicted molar refractivity (Wildman–Crippen MR) is 278 cm³/mol. The van der Waals surface area contributed by atoms with E-state index in [0.29, 0.717) is 49.7 Å². The van der Waals surface area contributed by atoms with Gasteiger partial charge in [0, 0.05) is 16.7 Å². The fraction of sp³-hybridized carbons (Fsp3) is 0.151. The minimum absolute atomic E-state index is 0.00189. The summed E-state index contributed by atoms with van der Waals surface area (Å²) in [4.78, 5) is 59.9. The molecule has 9 aromatic rings. The Hall–Kier alpha value is -5.98. The van der Waals surface area contributed by atoms with E-state index in [1.54, 1.807) is 36.4 Å². The standard InChI is InChI=1S/C31H24F4N2O6P2S2.C22H19F2O4P/c32-30(33,44(38,39)40)21-13-9-19(10-14-21)17-29(27-36-23-5-1-3-7-25(23)46-27,28-37-24-6-2-4-8-26(24)47-28)18-20-11-15-22(16-12-20)31(34,35)45(41,42)43;23-27-29(26,28-24)16-18-13-11-17(12-14-18)15-21(19-7-3-1-4-8-19)22(25)20-9-5-2-6-10-20/h1-16H,17-18H2,(H2,38,39,40)(H2,41,42,43);1-14,21H,15-16H2. The van der Waals surface area contributed by atoms with Gasteiger partial charge < -0.3 is 19.6 Å². The van der Waals surface area contributed by atoms with E-state index in [4.69, 9.17) is 9.97 Å². The number of alkyl halides is 4. The molecule has 4 N–H and O–H groups in total. The molecule has 2 heterocycles. The van der Waals surface area contributed by atoms with Crippen LogP contribution in [0.4, 0.5) is 26.6 Å². The van der Waals surface area contributed by atoms with Gasteiger partial charge in [0.2, 0.25) is 0 Å². The summed E-state index contributed by atoms with van der Waals surface area (Å²) in [5.74, 6) is -0.388. The fourth-order valence-electron chi connectivity index (χ4n) is 8.44. The normalized spacial score (nSPS) is 13.1. The number of hydrogen-bond acceptors (Lipinski definition) is 10. The molecule has 1 atom stereocenters. The smallest absolute Gasteiger partial charge is 0.320 e. The van der Waals surface area contributed by atoms with Gasteiger partial charge in [-0.3, -0.25) is 18.5 Å². The number of hydrogen-bond donors (Lipinski definition) is 4. The number of nitrogens with zero attached hydrogens (tertiary/aromatic N) is 2. The third-order valence-corrected chi connectivity index (χ3v) is 18.0. The summed E-state index contributed by atoms with van der Waals surface area (Å²) in [5.41, 5.74) is -6.52. The van der Waals surface area contributed by atoms with Gasteiger partial charge in [0.05, 0.1) is 37.9 Å². The van der Waals surface area contributed by atoms with Crippen LogP contribution in [0.25, 0.3) is 20.4 Å². The fourth-order valence-corrected chi connectivity index (χ4v) is 12.6. The van der Waals surface area contributed by atoms with E-state index in [9.17, 15) is 64.7 Å². The third-order valence-electron chi connectivity index (χ3n) is 12.4. The second-order valence-corrected chi connectivity index (χ2v) is 24.8. The van der Waals surface area contributed by atoms with Crippen molar-refractivity contribution in [1.82, 2.24) is 9.97 Å². The van der Waals surface area contributed by atoms with Crippen LogP contribution >= 0.6 is 45.5 Å². The molecule has 0 bridgehead atoms. The quantitative estimate of drug-likeness (QED) is 0.0341. The van der Waals surface area contributed by atoms with Crippen LogP contribution in [0.1, 0.15) is 65.2 Å². The highest BCUT2D eigenvalue weighted by atomic mass is 32.1. The molecule has 12 nitrogen and oxygen atoms in total. The summed E-state index contributed by atoms with van der Waals surface area (Å²) < 4.78 is 125. The number of para-hydroxylation sites is 2. The van der Waals surface area contributed by atoms with Gasteiger partial charge in [-0.2, -0.15) is 17.6 Å². The monoisotopic (exact) mass is 1140 g/mol. The first-order valence-corrected chi connectivity index (χ1v) is 29.3. The number of rotatable bonds is 19. The number of halogens is 6. The van der Waals surface area contributed by atoms with E-state index in [1.807, 2.05) is 97.1 Å². The highest BCUT2D eigenvalue weighted by Crippen LogP contribution is 2.60. The lowest BCUT2D eigenvalue weighted by Crippen LogP contribution is -2.33. The zero-order chi connectivity index (χ0) is 54.5. The van der Waals surface area contributed by atoms with Gasteiger partial charge in [-0.25, -0.2) is 9.97 Å². The van der Waals surface area contributed by atoms with Gasteiger partial charge in [-0.05, 0) is 80.4 Å². The van der Waals surface area contributed by atoms with Crippen molar-refractivity contribution < 1.29 is 74.1 Å². The van der Waals surface area contributed by atoms with E-state index in [-0.39, 0.29) is 24.5 Å². The topological polar surface area (TPSA) is 193 Å². The summed E-state index contributed by atoms with van der Waals surface area (Å²) in [5, 5.41) is 1.18. The zero-order valence-electron chi connectivity index (χ0n) is 39.3. The van der Waals surface area contributed by atoms with Crippen LogP contribution < -0.4 is 0 Å². The summed E-state index contributed by atoms with van der Waals surface area (Å²) in [6.45, 7) is 0. The van der Waals surface area contributed by atoms with Crippen LogP contribution in [0.15, 0.2) is 182 Å². The molecule has 7 aromatic carbocycles. The molecule has 0 radical (unpaired) electrons. The summed E-state index contributed by atoms with van der Waals surface area (Å²) in [6, 6.07) is 49.1. The van der Waals surface area contributed by atoms with Crippen LogP contribution in [0.3, 0.4) is 0 Å². The Balaban J connectivity index is 0.000000226. The molecule has 394 valence electrons. The van der Waals surface area contributed by atoms with Crippen molar-refractivity contribution in [3.8, 4) is 0 Å². The maximum Gasteiger partial charge on any atom is 0.399 e. The first-order chi connectivity index (χ1) is 36.1. The Morgan fingerprint density at radius 2 is 0.895 bits per heavy atom. The Morgan fingerprint density at radius 3 is 1.30 bits per heavy atom. The number of benzene rings is 7. The second kappa shape index (κ2) is 22.9. The predicted octanol–water partition coefficient (Wildman–Crippen LogP) is 14.5. The van der Waals surface area contributed by atoms with Gasteiger partial charge in [0.15, 0.2) is 5.78 Å². The number of thiazole rings is 2. The molecule has 0 saturated heterocycles. The zero-order valence-corrected chi connectivity index (χ0v) is 43.6. The number of aromatic nitrogens is 2. The minimum atomic E-state index is -5.80. The lowest BCUT2D eigenvalue weighted by molar-refractivity contribution is -0.0881. The summed E-state index contributed by atoms with van der Waals surface area (Å²) >= 11 is 2.76. The maximum absolute atomic E-state index is 14.5. The van der Waals surface area contributed by atoms with E-state index in [2.05, 4.69) is 9.46 Å². The van der Waals surface area contributed by atoms with Crippen LogP contribution in [-0.4, -0.2) is 35.3 Å². The van der Waals surface area contributed by atoms with Crippen molar-refractivity contribution in [3.05, 3.63) is 237 Å². The van der Waals surface area contributed by atoms with Crippen molar-refractivity contribution in [2.75, 3.05) is 0 Å². The van der Waals surface area contributed by atoms with E-state index in [1.165, 1.54) is 46.9 Å². The first-order valence-electron chi connectivity index (χ1n) is 22.8. The van der Waals surface area contributed by atoms with E-state index in [0.717, 1.165) is 44.8 Å². The second-order valence-electron chi connectivity index (χ2n) is 17.6. The number of carbonyl (C=O) groups excluding carboxylic acids is 1. The van der Waals surface area contributed by atoms with Gasteiger partial charge in [0.1, 0.15) is 10.0 Å². The van der Waals surface area contributed by atoms with E-state index >= 15 is 0 Å². The van der Waals surface area contributed by atoms with Crippen LogP contribution in [-0.2, 0) is 65.3 Å². The SMILES string of the molecule is O=C(c1ccccc1)C(Cc1ccc(CP(=O)(OF)OF)cc1)c1ccccc1.O=P(O)(O)C(F)(F)c1ccc(CC(Cc2ccc(C(F)(F)P(=O)(O)O)cc2)(c2nc3ccccc3s2)c2nc3ccccc3s2)cc1. The van der Waals surface area contributed by atoms with Crippen LogP contribution in [0.5, 0.6) is 0 Å². The molecule has 76 heavy (non-hydrogen) atoms. The minimum Gasteiger partial charge on any atom is -0.320 e. The van der Waals surface area contributed by atoms with Crippen LogP contribution in [0, 0.1) is 0 Å². The molecule has 0 fully saturated rings. The summed E-state index contributed by atoms with van der Waals surface area (Å²) in [7, 11) is -16.0. The Bertz CT molecular complexity index is 3370. The molecule has 2 aromatic heterocycles. The Morgan fingerprint density at radius 1 is 0.513 bits per heavy atom. The Labute approximate surface area is 438 Å². The van der Waals surface area contributed by atoms with Crippen molar-refractivity contribution in [1.29, 1.82) is 0 Å². The van der Waals surface area contributed by atoms with Gasteiger partial charge in [-0.1, -0.05) is 158 Å². The van der Waals surface area contributed by atoms with Crippen molar-refractivity contribution in [3.63, 3.8) is 0 Å². The van der Waals surface area contributed by atoms with Crippen molar-refractivity contribution in [2.45, 2.75) is 48.1 Å². The molecule has 9 rings (SSSR count). The number of carbonyl (C=O) groups is 1. The average molecular weight is 1140 g/mol. The molecular formula is C53H43F6N2O10P3S2. The number of Topliss-reactive ketones (excluding diaryl/α,β-unsaturated/α-hetero) is 1. The molecule has 0 aliphatic rings. The first kappa shape index (κ1) is 56.2. The summed E-state index contributed by atoms with van der Waals surface area (Å²) in [6.07, 6.45) is 0.115. The Kier molecular flexibility index (Phi) is 17.0. The lowest BCUT2D eigenvalue weighted by atomic mass is 9.77. The number of ketones is 1. The number of fused-ring (bicyclic) bond motifs is 2. The van der Waals surface area contributed by atoms with Gasteiger partial charge >= 0.3 is 34.1 Å². The van der Waals surface area contributed by atoms with E-state index < -0.39 is 56.8 Å². The molecule has 23 heteroatoms. The molecular weight excluding hydrogens is 1100 g/mol. The van der Waals surface area contributed by atoms with Crippen molar-refractivity contribution in [2.24, 2.45) is 0 Å². The van der Waals surface area contributed by atoms with Crippen LogP contribution in [0.2, 0.25) is 0 Å². The van der Waals surface area contributed by atoms with Crippen molar-refractivity contribution >= 4 is 71.7 Å². The van der Waals surface area contributed by atoms with Gasteiger partial charge in [-0.15, -0.1) is 32.1 Å². The molecule has 0 amide bonds. The molecule has 0 saturated carbocycles. The molecule has 0 aliphatic carbocycles. The molecule has 0 spiro atoms. The lowest BCUT2D eigenvalue weighted by Gasteiger charge is -2.31. The molecule has 1 unspecified atom stereocenters. The highest BCUT2D eigenvalue weighted by Gasteiger charge is 2.51. The maximum atomic E-state index is 14.5. The van der Waals surface area contributed by atoms with Gasteiger partial charge in [0.25, 0.3) is 0 Å².